The van der Waals surface area contributed by atoms with Gasteiger partial charge >= 0.3 is 0 Å². The van der Waals surface area contributed by atoms with E-state index in [0.717, 1.165) is 5.82 Å². The third-order valence-electron chi connectivity index (χ3n) is 3.10. The molecule has 1 amide bonds. The Labute approximate surface area is 140 Å². The highest BCUT2D eigenvalue weighted by molar-refractivity contribution is 6.30. The van der Waals surface area contributed by atoms with Gasteiger partial charge in [0.05, 0.1) is 18.6 Å². The molecule has 1 aromatic carbocycles. The van der Waals surface area contributed by atoms with Gasteiger partial charge in [-0.05, 0) is 56.4 Å². The van der Waals surface area contributed by atoms with Crippen LogP contribution in [0.3, 0.4) is 0 Å². The van der Waals surface area contributed by atoms with Gasteiger partial charge in [-0.25, -0.2) is 4.68 Å². The van der Waals surface area contributed by atoms with Gasteiger partial charge in [-0.15, -0.1) is 5.10 Å². The average Bonchev–Trinajstić information content (AvgIpc) is 2.86. The third-order valence-corrected chi connectivity index (χ3v) is 3.34. The molecule has 0 bridgehead atoms. The van der Waals surface area contributed by atoms with Crippen LogP contribution in [-0.4, -0.2) is 44.6 Å². The molecule has 0 saturated carbocycles. The predicted molar refractivity (Wildman–Crippen MR) is 89.2 cm³/mol. The SMILES string of the molecule is CN(CC(=O)Nc1cccc(Cl)c1)Cc1nnnn1C(C)(C)C. The zero-order valence-corrected chi connectivity index (χ0v) is 14.5. The van der Waals surface area contributed by atoms with Gasteiger partial charge in [-0.1, -0.05) is 17.7 Å². The molecule has 0 fully saturated rings. The summed E-state index contributed by atoms with van der Waals surface area (Å²) < 4.78 is 1.76. The molecular formula is C15H21ClN6O. The Balaban J connectivity index is 1.93. The van der Waals surface area contributed by atoms with Crippen LogP contribution in [-0.2, 0) is 16.9 Å². The van der Waals surface area contributed by atoms with Crippen LogP contribution >= 0.6 is 11.6 Å². The van der Waals surface area contributed by atoms with Gasteiger partial charge in [-0.2, -0.15) is 0 Å². The molecule has 0 radical (unpaired) electrons. The molecular weight excluding hydrogens is 316 g/mol. The van der Waals surface area contributed by atoms with E-state index in [1.54, 1.807) is 28.9 Å². The lowest BCUT2D eigenvalue weighted by atomic mass is 10.1. The molecule has 2 rings (SSSR count). The van der Waals surface area contributed by atoms with Gasteiger partial charge in [0.25, 0.3) is 0 Å². The molecule has 0 aliphatic rings. The number of carbonyl (C=O) groups excluding carboxylic acids is 1. The zero-order valence-electron chi connectivity index (χ0n) is 13.7. The highest BCUT2D eigenvalue weighted by atomic mass is 35.5. The number of nitrogens with one attached hydrogen (secondary N) is 1. The lowest BCUT2D eigenvalue weighted by Crippen LogP contribution is -2.33. The predicted octanol–water partition coefficient (Wildman–Crippen LogP) is 2.15. The van der Waals surface area contributed by atoms with E-state index < -0.39 is 0 Å². The van der Waals surface area contributed by atoms with Crippen molar-refractivity contribution in [3.05, 3.63) is 35.1 Å². The first-order chi connectivity index (χ1) is 10.8. The van der Waals surface area contributed by atoms with E-state index in [1.165, 1.54) is 0 Å². The highest BCUT2D eigenvalue weighted by Gasteiger charge is 2.20. The van der Waals surface area contributed by atoms with Gasteiger partial charge < -0.3 is 5.32 Å². The number of nitrogens with zero attached hydrogens (tertiary/aromatic N) is 5. The Bertz CT molecular complexity index is 679. The summed E-state index contributed by atoms with van der Waals surface area (Å²) in [7, 11) is 1.85. The van der Waals surface area contributed by atoms with E-state index in [1.807, 2.05) is 32.7 Å². The van der Waals surface area contributed by atoms with Crippen LogP contribution < -0.4 is 5.32 Å². The summed E-state index contributed by atoms with van der Waals surface area (Å²) in [5.41, 5.74) is 0.471. The van der Waals surface area contributed by atoms with E-state index in [-0.39, 0.29) is 18.0 Å². The standard InChI is InChI=1S/C15H21ClN6O/c1-15(2,3)22-13(18-19-20-22)9-21(4)10-14(23)17-12-7-5-6-11(16)8-12/h5-8H,9-10H2,1-4H3,(H,17,23). The smallest absolute Gasteiger partial charge is 0.238 e. The van der Waals surface area contributed by atoms with Crippen molar-refractivity contribution in [3.8, 4) is 0 Å². The number of likely N-dealkylation sites (N-methyl/N-ethyl adjacent to an activating group) is 1. The van der Waals surface area contributed by atoms with Crippen LogP contribution in [0.2, 0.25) is 5.02 Å². The number of hydrogen-bond donors (Lipinski definition) is 1. The Morgan fingerprint density at radius 3 is 2.78 bits per heavy atom. The highest BCUT2D eigenvalue weighted by Crippen LogP contribution is 2.15. The molecule has 0 aliphatic carbocycles. The van der Waals surface area contributed by atoms with Crippen molar-refractivity contribution < 1.29 is 4.79 Å². The summed E-state index contributed by atoms with van der Waals surface area (Å²) in [6.45, 7) is 6.78. The van der Waals surface area contributed by atoms with Crippen LogP contribution in [0.5, 0.6) is 0 Å². The Morgan fingerprint density at radius 2 is 2.13 bits per heavy atom. The van der Waals surface area contributed by atoms with E-state index in [4.69, 9.17) is 11.6 Å². The van der Waals surface area contributed by atoms with Gasteiger partial charge in [0.2, 0.25) is 5.91 Å². The number of anilines is 1. The van der Waals surface area contributed by atoms with Crippen molar-refractivity contribution in [2.24, 2.45) is 0 Å². The molecule has 0 unspecified atom stereocenters. The number of amides is 1. The first kappa shape index (κ1) is 17.4. The molecule has 0 saturated heterocycles. The molecule has 0 atom stereocenters. The molecule has 1 heterocycles. The molecule has 8 heteroatoms. The Kier molecular flexibility index (Phi) is 5.33. The number of benzene rings is 1. The molecule has 23 heavy (non-hydrogen) atoms. The topological polar surface area (TPSA) is 75.9 Å². The second-order valence-corrected chi connectivity index (χ2v) is 6.84. The van der Waals surface area contributed by atoms with E-state index in [2.05, 4.69) is 20.8 Å². The molecule has 0 spiro atoms. The van der Waals surface area contributed by atoms with Gasteiger partial charge in [0, 0.05) is 10.7 Å². The van der Waals surface area contributed by atoms with Crippen LogP contribution in [0.4, 0.5) is 5.69 Å². The third kappa shape index (κ3) is 5.01. The average molecular weight is 337 g/mol. The number of hydrogen-bond acceptors (Lipinski definition) is 5. The summed E-state index contributed by atoms with van der Waals surface area (Å²) in [6.07, 6.45) is 0. The Hall–Kier alpha value is -1.99. The van der Waals surface area contributed by atoms with Crippen LogP contribution in [0.25, 0.3) is 0 Å². The van der Waals surface area contributed by atoms with E-state index in [9.17, 15) is 4.79 Å². The minimum absolute atomic E-state index is 0.121. The quantitative estimate of drug-likeness (QED) is 0.905. The van der Waals surface area contributed by atoms with Gasteiger partial charge in [0.1, 0.15) is 0 Å². The maximum Gasteiger partial charge on any atom is 0.238 e. The first-order valence-corrected chi connectivity index (χ1v) is 7.65. The van der Waals surface area contributed by atoms with Crippen molar-refractivity contribution >= 4 is 23.2 Å². The number of rotatable bonds is 5. The molecule has 124 valence electrons. The number of halogens is 1. The van der Waals surface area contributed by atoms with E-state index >= 15 is 0 Å². The van der Waals surface area contributed by atoms with Crippen molar-refractivity contribution in [2.75, 3.05) is 18.9 Å². The first-order valence-electron chi connectivity index (χ1n) is 7.27. The summed E-state index contributed by atoms with van der Waals surface area (Å²) in [6, 6.07) is 7.05. The maximum absolute atomic E-state index is 12.1. The molecule has 1 aromatic heterocycles. The number of aromatic nitrogens is 4. The van der Waals surface area contributed by atoms with Crippen LogP contribution in [0.1, 0.15) is 26.6 Å². The summed E-state index contributed by atoms with van der Waals surface area (Å²) in [5, 5.41) is 15.2. The molecule has 2 aromatic rings. The Morgan fingerprint density at radius 1 is 1.39 bits per heavy atom. The van der Waals surface area contributed by atoms with Gasteiger partial charge in [0.15, 0.2) is 5.82 Å². The monoisotopic (exact) mass is 336 g/mol. The van der Waals surface area contributed by atoms with Crippen molar-refractivity contribution in [3.63, 3.8) is 0 Å². The molecule has 0 aliphatic heterocycles. The van der Waals surface area contributed by atoms with Gasteiger partial charge in [-0.3, -0.25) is 9.69 Å². The lowest BCUT2D eigenvalue weighted by molar-refractivity contribution is -0.117. The maximum atomic E-state index is 12.1. The van der Waals surface area contributed by atoms with Crippen LogP contribution in [0, 0.1) is 0 Å². The number of tetrazole rings is 1. The second kappa shape index (κ2) is 7.06. The minimum atomic E-state index is -0.206. The molecule has 1 N–H and O–H groups in total. The minimum Gasteiger partial charge on any atom is -0.325 e. The van der Waals surface area contributed by atoms with Crippen molar-refractivity contribution in [1.29, 1.82) is 0 Å². The van der Waals surface area contributed by atoms with E-state index in [0.29, 0.717) is 17.3 Å². The fourth-order valence-electron chi connectivity index (χ4n) is 2.13. The summed E-state index contributed by atoms with van der Waals surface area (Å²) in [4.78, 5) is 13.9. The molecule has 7 nitrogen and oxygen atoms in total. The fraction of sp³-hybridized carbons (Fsp3) is 0.467. The van der Waals surface area contributed by atoms with Crippen LogP contribution in [0.15, 0.2) is 24.3 Å². The van der Waals surface area contributed by atoms with Crippen molar-refractivity contribution in [2.45, 2.75) is 32.9 Å². The second-order valence-electron chi connectivity index (χ2n) is 6.41. The zero-order chi connectivity index (χ0) is 17.0. The summed E-state index contributed by atoms with van der Waals surface area (Å²) >= 11 is 5.90. The fourth-order valence-corrected chi connectivity index (χ4v) is 2.33. The largest absolute Gasteiger partial charge is 0.325 e. The summed E-state index contributed by atoms with van der Waals surface area (Å²) in [5.74, 6) is 0.597. The lowest BCUT2D eigenvalue weighted by Gasteiger charge is -2.22. The number of carbonyl (C=O) groups is 1. The normalized spacial score (nSPS) is 11.7. The van der Waals surface area contributed by atoms with Crippen molar-refractivity contribution in [1.82, 2.24) is 25.1 Å².